The summed E-state index contributed by atoms with van der Waals surface area (Å²) in [6, 6.07) is 16.2. The molecule has 0 radical (unpaired) electrons. The maximum absolute atomic E-state index is 12.7. The molecule has 1 aromatic heterocycles. The van der Waals surface area contributed by atoms with Crippen molar-refractivity contribution in [1.82, 2.24) is 5.32 Å². The fourth-order valence-corrected chi connectivity index (χ4v) is 5.26. The van der Waals surface area contributed by atoms with E-state index in [0.29, 0.717) is 6.54 Å². The molecule has 7 heteroatoms. The van der Waals surface area contributed by atoms with Crippen LogP contribution in [0.25, 0.3) is 0 Å². The van der Waals surface area contributed by atoms with Crippen LogP contribution in [0, 0.1) is 6.92 Å². The number of aryl methyl sites for hydroxylation is 1. The van der Waals surface area contributed by atoms with E-state index in [1.807, 2.05) is 30.3 Å². The molecule has 2 aromatic carbocycles. The third-order valence-electron chi connectivity index (χ3n) is 6.80. The zero-order valence-corrected chi connectivity index (χ0v) is 26.4. The number of ether oxygens (including phenoxy) is 1. The van der Waals surface area contributed by atoms with Crippen molar-refractivity contribution < 1.29 is 31.1 Å². The second-order valence-corrected chi connectivity index (χ2v) is 11.2. The molecule has 0 fully saturated rings. The van der Waals surface area contributed by atoms with Gasteiger partial charge in [0.05, 0.1) is 18.0 Å². The molecule has 1 N–H and O–H groups in total. The first-order valence-electron chi connectivity index (χ1n) is 14.3. The molecule has 5 nitrogen and oxygen atoms in total. The maximum atomic E-state index is 12.7. The standard InChI is InChI=1S/C32H45N3O2S.BrH/c1-4-5-6-7-8-9-10-11-12-13-21-37-31-16-14-15-29(22-31)25-35(32(36)33-3)30-19-17-28(18-20-30)24-34-23-27(2)38-26-34;/h14-20,22-23,26H,4-13,21,24-25H2,1-3H3;1H. The van der Waals surface area contributed by atoms with Gasteiger partial charge in [0.1, 0.15) is 5.75 Å². The lowest BCUT2D eigenvalue weighted by atomic mass is 10.1. The smallest absolute Gasteiger partial charge is 0.321 e. The van der Waals surface area contributed by atoms with Gasteiger partial charge in [-0.15, -0.1) is 0 Å². The highest BCUT2D eigenvalue weighted by atomic mass is 79.9. The number of amides is 2. The van der Waals surface area contributed by atoms with Gasteiger partial charge in [0.15, 0.2) is 12.7 Å². The predicted molar refractivity (Wildman–Crippen MR) is 159 cm³/mol. The van der Waals surface area contributed by atoms with Crippen LogP contribution in [0.2, 0.25) is 0 Å². The quantitative estimate of drug-likeness (QED) is 0.171. The van der Waals surface area contributed by atoms with Crippen LogP contribution >= 0.6 is 11.3 Å². The molecule has 3 aromatic rings. The number of hydrogen-bond donors (Lipinski definition) is 1. The van der Waals surface area contributed by atoms with Crippen LogP contribution < -0.4 is 36.5 Å². The average molecular weight is 617 g/mol. The van der Waals surface area contributed by atoms with Gasteiger partial charge < -0.3 is 27.0 Å². The number of aromatic nitrogens is 1. The van der Waals surface area contributed by atoms with Crippen molar-refractivity contribution in [2.45, 2.75) is 91.1 Å². The van der Waals surface area contributed by atoms with Gasteiger partial charge in [0.2, 0.25) is 5.51 Å². The summed E-state index contributed by atoms with van der Waals surface area (Å²) in [7, 11) is 1.67. The number of carbonyl (C=O) groups excluding carboxylic acids is 1. The van der Waals surface area contributed by atoms with Crippen molar-refractivity contribution in [3.8, 4) is 5.75 Å². The molecule has 0 bridgehead atoms. The Hall–Kier alpha value is -2.38. The summed E-state index contributed by atoms with van der Waals surface area (Å²) in [4.78, 5) is 15.8. The van der Waals surface area contributed by atoms with Crippen molar-refractivity contribution in [3.63, 3.8) is 0 Å². The summed E-state index contributed by atoms with van der Waals surface area (Å²) in [5, 5.41) is 2.78. The number of benzene rings is 2. The fraction of sp³-hybridized carbons (Fsp3) is 0.500. The number of thiazole rings is 1. The van der Waals surface area contributed by atoms with Crippen LogP contribution in [0.5, 0.6) is 5.75 Å². The van der Waals surface area contributed by atoms with Gasteiger partial charge in [-0.05, 0) is 43.2 Å². The number of hydrogen-bond acceptors (Lipinski definition) is 3. The molecule has 3 rings (SSSR count). The molecular formula is C32H46BrN3O2S. The third-order valence-corrected chi connectivity index (χ3v) is 7.65. The van der Waals surface area contributed by atoms with E-state index in [2.05, 4.69) is 53.6 Å². The number of nitrogens with zero attached hydrogens (tertiary/aromatic N) is 2. The Labute approximate surface area is 250 Å². The van der Waals surface area contributed by atoms with Gasteiger partial charge in [0.25, 0.3) is 0 Å². The Kier molecular flexibility index (Phi) is 15.8. The van der Waals surface area contributed by atoms with Crippen LogP contribution in [0.1, 0.15) is 87.1 Å². The van der Waals surface area contributed by atoms with E-state index in [9.17, 15) is 4.79 Å². The van der Waals surface area contributed by atoms with Crippen molar-refractivity contribution >= 4 is 23.1 Å². The lowest BCUT2D eigenvalue weighted by molar-refractivity contribution is -0.683. The molecule has 0 saturated heterocycles. The van der Waals surface area contributed by atoms with Gasteiger partial charge >= 0.3 is 6.03 Å². The van der Waals surface area contributed by atoms with Crippen molar-refractivity contribution in [2.75, 3.05) is 18.6 Å². The predicted octanol–water partition coefficient (Wildman–Crippen LogP) is 5.04. The molecule has 2 amide bonds. The molecule has 0 aliphatic heterocycles. The number of halogens is 1. The monoisotopic (exact) mass is 615 g/mol. The SMILES string of the molecule is CCCCCCCCCCCCOc1cccc(CN(C(=O)NC)c2ccc(C[n+]3csc(C)c3)cc2)c1.[Br-]. The van der Waals surface area contributed by atoms with Crippen LogP contribution in [-0.4, -0.2) is 19.7 Å². The summed E-state index contributed by atoms with van der Waals surface area (Å²) in [6.07, 6.45) is 15.3. The van der Waals surface area contributed by atoms with Gasteiger partial charge in [-0.2, -0.15) is 4.57 Å². The summed E-state index contributed by atoms with van der Waals surface area (Å²) in [5.74, 6) is 0.869. The van der Waals surface area contributed by atoms with Gasteiger partial charge in [-0.1, -0.05) is 100 Å². The van der Waals surface area contributed by atoms with Crippen LogP contribution in [0.15, 0.2) is 60.2 Å². The van der Waals surface area contributed by atoms with Gasteiger partial charge in [0, 0.05) is 18.3 Å². The van der Waals surface area contributed by atoms with E-state index in [-0.39, 0.29) is 23.0 Å². The van der Waals surface area contributed by atoms with Gasteiger partial charge in [-0.25, -0.2) is 4.79 Å². The van der Waals surface area contributed by atoms with E-state index >= 15 is 0 Å². The zero-order valence-electron chi connectivity index (χ0n) is 24.0. The highest BCUT2D eigenvalue weighted by molar-refractivity contribution is 7.09. The maximum Gasteiger partial charge on any atom is 0.321 e. The molecular weight excluding hydrogens is 570 g/mol. The first-order chi connectivity index (χ1) is 18.6. The number of unbranched alkanes of at least 4 members (excludes halogenated alkanes) is 9. The summed E-state index contributed by atoms with van der Waals surface area (Å²) in [5.41, 5.74) is 5.25. The Bertz CT molecular complexity index is 1090. The van der Waals surface area contributed by atoms with E-state index in [0.717, 1.165) is 36.6 Å². The van der Waals surface area contributed by atoms with E-state index in [4.69, 9.17) is 4.74 Å². The van der Waals surface area contributed by atoms with Crippen LogP contribution in [-0.2, 0) is 13.1 Å². The lowest BCUT2D eigenvalue weighted by Crippen LogP contribution is -3.00. The number of urea groups is 1. The van der Waals surface area contributed by atoms with Crippen molar-refractivity contribution in [2.24, 2.45) is 0 Å². The third kappa shape index (κ3) is 12.1. The number of rotatable bonds is 17. The Morgan fingerprint density at radius 2 is 1.59 bits per heavy atom. The first-order valence-corrected chi connectivity index (χ1v) is 15.2. The molecule has 0 unspecified atom stereocenters. The summed E-state index contributed by atoms with van der Waals surface area (Å²) < 4.78 is 8.23. The van der Waals surface area contributed by atoms with Crippen LogP contribution in [0.3, 0.4) is 0 Å². The number of anilines is 1. The molecule has 214 valence electrons. The second-order valence-electron chi connectivity index (χ2n) is 10.1. The molecule has 0 aliphatic carbocycles. The number of carbonyl (C=O) groups is 1. The molecule has 0 spiro atoms. The fourth-order valence-electron chi connectivity index (χ4n) is 4.63. The van der Waals surface area contributed by atoms with Gasteiger partial charge in [-0.3, -0.25) is 4.90 Å². The Balaban J connectivity index is 0.00000533. The molecule has 0 atom stereocenters. The average Bonchev–Trinajstić information content (AvgIpc) is 3.35. The second kappa shape index (κ2) is 18.8. The molecule has 0 saturated carbocycles. The number of nitrogens with one attached hydrogen (secondary N) is 1. The minimum Gasteiger partial charge on any atom is -1.00 e. The highest BCUT2D eigenvalue weighted by Gasteiger charge is 2.16. The largest absolute Gasteiger partial charge is 1.00 e. The molecule has 1 heterocycles. The highest BCUT2D eigenvalue weighted by Crippen LogP contribution is 2.21. The Morgan fingerprint density at radius 1 is 0.923 bits per heavy atom. The summed E-state index contributed by atoms with van der Waals surface area (Å²) >= 11 is 1.74. The van der Waals surface area contributed by atoms with Crippen LogP contribution in [0.4, 0.5) is 10.5 Å². The van der Waals surface area contributed by atoms with E-state index in [1.54, 1.807) is 23.3 Å². The topological polar surface area (TPSA) is 45.5 Å². The minimum absolute atomic E-state index is 0. The lowest BCUT2D eigenvalue weighted by Gasteiger charge is -2.23. The summed E-state index contributed by atoms with van der Waals surface area (Å²) in [6.45, 7) is 6.42. The molecule has 0 aliphatic rings. The Morgan fingerprint density at radius 3 is 2.21 bits per heavy atom. The zero-order chi connectivity index (χ0) is 27.0. The van der Waals surface area contributed by atoms with E-state index in [1.165, 1.54) is 68.2 Å². The molecule has 39 heavy (non-hydrogen) atoms. The minimum atomic E-state index is -0.128. The van der Waals surface area contributed by atoms with Crippen molar-refractivity contribution in [3.05, 3.63) is 76.2 Å². The van der Waals surface area contributed by atoms with Crippen molar-refractivity contribution in [1.29, 1.82) is 0 Å². The normalized spacial score (nSPS) is 10.6. The first kappa shape index (κ1) is 32.8. The van der Waals surface area contributed by atoms with E-state index < -0.39 is 0 Å².